The van der Waals surface area contributed by atoms with Gasteiger partial charge in [0.15, 0.2) is 5.15 Å². The Labute approximate surface area is 94.0 Å². The average Bonchev–Trinajstić information content (AvgIpc) is 2.30. The number of rotatable bonds is 3. The van der Waals surface area contributed by atoms with E-state index in [9.17, 15) is 0 Å². The maximum absolute atomic E-state index is 5.70. The van der Waals surface area contributed by atoms with Crippen LogP contribution in [0.4, 0.5) is 0 Å². The summed E-state index contributed by atoms with van der Waals surface area (Å²) >= 11 is 5.64. The highest BCUT2D eigenvalue weighted by Crippen LogP contribution is 2.09. The molecule has 0 bridgehead atoms. The lowest BCUT2D eigenvalue weighted by Crippen LogP contribution is -2.35. The van der Waals surface area contributed by atoms with Crippen molar-refractivity contribution in [1.29, 1.82) is 0 Å². The molecule has 1 aromatic rings. The van der Waals surface area contributed by atoms with E-state index in [1.54, 1.807) is 6.07 Å². The highest BCUT2D eigenvalue weighted by Gasteiger charge is 2.13. The molecule has 1 aliphatic rings. The molecule has 0 unspecified atom stereocenters. The van der Waals surface area contributed by atoms with Crippen molar-refractivity contribution in [3.05, 3.63) is 23.0 Å². The molecule has 0 amide bonds. The number of piperidine rings is 1. The molecule has 0 radical (unpaired) electrons. The van der Waals surface area contributed by atoms with Crippen molar-refractivity contribution in [2.75, 3.05) is 13.1 Å². The fraction of sp³-hybridized carbons (Fsp3) is 0.600. The number of nitrogens with zero attached hydrogens (tertiary/aromatic N) is 2. The number of halogens is 1. The molecule has 1 aliphatic heterocycles. The van der Waals surface area contributed by atoms with E-state index in [1.807, 2.05) is 6.07 Å². The van der Waals surface area contributed by atoms with Crippen LogP contribution < -0.4 is 5.32 Å². The molecular formula is C10H14ClN3O. The minimum Gasteiger partial charge on any atom is -0.371 e. The van der Waals surface area contributed by atoms with Crippen LogP contribution in [0.2, 0.25) is 5.15 Å². The lowest BCUT2D eigenvalue weighted by molar-refractivity contribution is 0.0233. The molecule has 1 saturated heterocycles. The van der Waals surface area contributed by atoms with Gasteiger partial charge in [0.2, 0.25) is 0 Å². The molecule has 4 nitrogen and oxygen atoms in total. The zero-order valence-corrected chi connectivity index (χ0v) is 9.20. The molecule has 82 valence electrons. The summed E-state index contributed by atoms with van der Waals surface area (Å²) in [6.07, 6.45) is 2.60. The summed E-state index contributed by atoms with van der Waals surface area (Å²) in [4.78, 5) is 0. The second-order valence-corrected chi connectivity index (χ2v) is 4.01. The number of ether oxygens (including phenoxy) is 1. The highest BCUT2D eigenvalue weighted by molar-refractivity contribution is 6.29. The van der Waals surface area contributed by atoms with Gasteiger partial charge in [0.1, 0.15) is 0 Å². The van der Waals surface area contributed by atoms with Crippen molar-refractivity contribution in [3.8, 4) is 0 Å². The predicted molar refractivity (Wildman–Crippen MR) is 57.7 cm³/mol. The van der Waals surface area contributed by atoms with Crippen LogP contribution in [0, 0.1) is 0 Å². The molecular weight excluding hydrogens is 214 g/mol. The quantitative estimate of drug-likeness (QED) is 0.848. The number of aromatic nitrogens is 2. The molecule has 1 N–H and O–H groups in total. The third kappa shape index (κ3) is 3.41. The Hall–Kier alpha value is -0.710. The molecule has 0 saturated carbocycles. The van der Waals surface area contributed by atoms with Crippen LogP contribution in [-0.4, -0.2) is 29.4 Å². The predicted octanol–water partition coefficient (Wildman–Crippen LogP) is 1.40. The third-order valence-electron chi connectivity index (χ3n) is 2.41. The van der Waals surface area contributed by atoms with Gasteiger partial charge < -0.3 is 10.1 Å². The maximum atomic E-state index is 5.70. The smallest absolute Gasteiger partial charge is 0.151 e. The lowest BCUT2D eigenvalue weighted by atomic mass is 10.1. The topological polar surface area (TPSA) is 47.0 Å². The molecule has 15 heavy (non-hydrogen) atoms. The maximum Gasteiger partial charge on any atom is 0.151 e. The fourth-order valence-corrected chi connectivity index (χ4v) is 1.69. The van der Waals surface area contributed by atoms with Crippen LogP contribution in [0.5, 0.6) is 0 Å². The van der Waals surface area contributed by atoms with Gasteiger partial charge >= 0.3 is 0 Å². The highest BCUT2D eigenvalue weighted by atomic mass is 35.5. The monoisotopic (exact) mass is 227 g/mol. The van der Waals surface area contributed by atoms with Crippen molar-refractivity contribution in [2.45, 2.75) is 25.6 Å². The van der Waals surface area contributed by atoms with Crippen LogP contribution in [0.3, 0.4) is 0 Å². The van der Waals surface area contributed by atoms with E-state index >= 15 is 0 Å². The number of hydrogen-bond acceptors (Lipinski definition) is 4. The Morgan fingerprint density at radius 2 is 2.40 bits per heavy atom. The van der Waals surface area contributed by atoms with Crippen LogP contribution in [0.15, 0.2) is 12.1 Å². The number of hydrogen-bond donors (Lipinski definition) is 1. The standard InChI is InChI=1S/C10H14ClN3O/c11-10-4-3-8(13-14-10)7-15-9-2-1-5-12-6-9/h3-4,9,12H,1-2,5-7H2/t9-/m1/s1. The molecule has 2 rings (SSSR count). The fourth-order valence-electron chi connectivity index (χ4n) is 1.59. The largest absolute Gasteiger partial charge is 0.371 e. The van der Waals surface area contributed by atoms with E-state index in [4.69, 9.17) is 16.3 Å². The SMILES string of the molecule is Clc1ccc(CO[C@@H]2CCCNC2)nn1. The van der Waals surface area contributed by atoms with Crippen LogP contribution in [0.25, 0.3) is 0 Å². The van der Waals surface area contributed by atoms with E-state index in [2.05, 4.69) is 15.5 Å². The Morgan fingerprint density at radius 3 is 3.07 bits per heavy atom. The minimum absolute atomic E-state index is 0.302. The van der Waals surface area contributed by atoms with Gasteiger partial charge in [0, 0.05) is 6.54 Å². The zero-order chi connectivity index (χ0) is 10.5. The second-order valence-electron chi connectivity index (χ2n) is 3.63. The van der Waals surface area contributed by atoms with Gasteiger partial charge in [-0.2, -0.15) is 5.10 Å². The van der Waals surface area contributed by atoms with Crippen molar-refractivity contribution in [2.24, 2.45) is 0 Å². The molecule has 0 aromatic carbocycles. The van der Waals surface area contributed by atoms with Crippen LogP contribution in [0.1, 0.15) is 18.5 Å². The first kappa shape index (κ1) is 10.8. The van der Waals surface area contributed by atoms with Crippen molar-refractivity contribution in [1.82, 2.24) is 15.5 Å². The molecule has 2 heterocycles. The molecule has 0 spiro atoms. The Kier molecular flexibility index (Phi) is 3.88. The summed E-state index contributed by atoms with van der Waals surface area (Å²) in [7, 11) is 0. The van der Waals surface area contributed by atoms with Gasteiger partial charge in [0.25, 0.3) is 0 Å². The molecule has 1 fully saturated rings. The van der Waals surface area contributed by atoms with Gasteiger partial charge in [-0.15, -0.1) is 5.10 Å². The van der Waals surface area contributed by atoms with E-state index in [-0.39, 0.29) is 0 Å². The van der Waals surface area contributed by atoms with Gasteiger partial charge in [-0.05, 0) is 31.5 Å². The third-order valence-corrected chi connectivity index (χ3v) is 2.61. The van der Waals surface area contributed by atoms with Crippen molar-refractivity contribution >= 4 is 11.6 Å². The van der Waals surface area contributed by atoms with Crippen LogP contribution >= 0.6 is 11.6 Å². The normalized spacial score (nSPS) is 21.5. The first-order valence-corrected chi connectivity index (χ1v) is 5.53. The summed E-state index contributed by atoms with van der Waals surface area (Å²) in [5.41, 5.74) is 0.824. The second kappa shape index (κ2) is 5.39. The van der Waals surface area contributed by atoms with E-state index in [1.165, 1.54) is 6.42 Å². The summed E-state index contributed by atoms with van der Waals surface area (Å²) < 4.78 is 5.70. The summed E-state index contributed by atoms with van der Waals surface area (Å²) in [6.45, 7) is 2.54. The molecule has 0 aliphatic carbocycles. The molecule has 5 heteroatoms. The van der Waals surface area contributed by atoms with Crippen molar-refractivity contribution < 1.29 is 4.74 Å². The number of nitrogens with one attached hydrogen (secondary N) is 1. The Bertz CT molecular complexity index is 298. The van der Waals surface area contributed by atoms with E-state index < -0.39 is 0 Å². The Morgan fingerprint density at radius 1 is 1.47 bits per heavy atom. The molecule has 1 atom stereocenters. The lowest BCUT2D eigenvalue weighted by Gasteiger charge is -2.22. The van der Waals surface area contributed by atoms with E-state index in [0.717, 1.165) is 25.2 Å². The van der Waals surface area contributed by atoms with Gasteiger partial charge in [-0.3, -0.25) is 0 Å². The Balaban J connectivity index is 1.79. The van der Waals surface area contributed by atoms with Gasteiger partial charge in [-0.25, -0.2) is 0 Å². The van der Waals surface area contributed by atoms with E-state index in [0.29, 0.717) is 17.9 Å². The molecule has 1 aromatic heterocycles. The zero-order valence-electron chi connectivity index (χ0n) is 8.45. The first-order chi connectivity index (χ1) is 7.34. The first-order valence-electron chi connectivity index (χ1n) is 5.15. The summed E-state index contributed by atoms with van der Waals surface area (Å²) in [6, 6.07) is 3.57. The summed E-state index contributed by atoms with van der Waals surface area (Å²) in [5, 5.41) is 11.4. The van der Waals surface area contributed by atoms with Crippen molar-refractivity contribution in [3.63, 3.8) is 0 Å². The van der Waals surface area contributed by atoms with Gasteiger partial charge in [0.05, 0.1) is 18.4 Å². The average molecular weight is 228 g/mol. The van der Waals surface area contributed by atoms with Gasteiger partial charge in [-0.1, -0.05) is 11.6 Å². The van der Waals surface area contributed by atoms with Crippen LogP contribution in [-0.2, 0) is 11.3 Å². The summed E-state index contributed by atoms with van der Waals surface area (Å²) in [5.74, 6) is 0. The minimum atomic E-state index is 0.302.